The zero-order valence-electron chi connectivity index (χ0n) is 8.53. The summed E-state index contributed by atoms with van der Waals surface area (Å²) in [4.78, 5) is 11.7. The number of rotatable bonds is 2. The average molecular weight is 203 g/mol. The molecule has 3 heteroatoms. The Morgan fingerprint density at radius 3 is 2.93 bits per heavy atom. The number of fused-ring (bicyclic) bond motifs is 1. The molecule has 1 aromatic rings. The highest BCUT2D eigenvalue weighted by atomic mass is 16.3. The number of hydrogen-bond acceptors (Lipinski definition) is 2. The minimum Gasteiger partial charge on any atom is -0.375 e. The number of benzene rings is 1. The van der Waals surface area contributed by atoms with E-state index in [1.165, 1.54) is 0 Å². The van der Waals surface area contributed by atoms with Crippen LogP contribution in [0.3, 0.4) is 0 Å². The van der Waals surface area contributed by atoms with Crippen LogP contribution in [-0.2, 0) is 10.4 Å². The Bertz CT molecular complexity index is 425. The first kappa shape index (κ1) is 9.93. The van der Waals surface area contributed by atoms with Crippen LogP contribution in [-0.4, -0.2) is 11.0 Å². The van der Waals surface area contributed by atoms with Crippen LogP contribution in [0.1, 0.15) is 18.9 Å². The Morgan fingerprint density at radius 2 is 2.20 bits per heavy atom. The molecular weight excluding hydrogens is 190 g/mol. The molecule has 1 unspecified atom stereocenters. The topological polar surface area (TPSA) is 49.3 Å². The van der Waals surface area contributed by atoms with Gasteiger partial charge in [0.15, 0.2) is 5.60 Å². The smallest absolute Gasteiger partial charge is 0.261 e. The number of para-hydroxylation sites is 1. The van der Waals surface area contributed by atoms with Gasteiger partial charge in [0.25, 0.3) is 5.91 Å². The second-order valence-electron chi connectivity index (χ2n) is 3.63. The van der Waals surface area contributed by atoms with E-state index >= 15 is 0 Å². The van der Waals surface area contributed by atoms with Gasteiger partial charge in [-0.1, -0.05) is 30.4 Å². The van der Waals surface area contributed by atoms with Crippen molar-refractivity contribution in [2.24, 2.45) is 0 Å². The fourth-order valence-electron chi connectivity index (χ4n) is 1.79. The molecule has 2 N–H and O–H groups in total. The molecule has 0 saturated heterocycles. The highest BCUT2D eigenvalue weighted by Crippen LogP contribution is 2.38. The maximum atomic E-state index is 11.7. The molecule has 1 aliphatic rings. The summed E-state index contributed by atoms with van der Waals surface area (Å²) in [5, 5.41) is 13.0. The van der Waals surface area contributed by atoms with Crippen LogP contribution in [0.5, 0.6) is 0 Å². The first-order chi connectivity index (χ1) is 7.18. The monoisotopic (exact) mass is 203 g/mol. The number of nitrogens with one attached hydrogen (secondary N) is 1. The Kier molecular flexibility index (Phi) is 2.32. The van der Waals surface area contributed by atoms with E-state index in [0.717, 1.165) is 0 Å². The van der Waals surface area contributed by atoms with E-state index < -0.39 is 5.60 Å². The van der Waals surface area contributed by atoms with Gasteiger partial charge in [-0.3, -0.25) is 4.79 Å². The zero-order valence-corrected chi connectivity index (χ0v) is 8.53. The van der Waals surface area contributed by atoms with Crippen LogP contribution in [0.4, 0.5) is 5.69 Å². The molecule has 0 aliphatic carbocycles. The molecule has 78 valence electrons. The first-order valence-electron chi connectivity index (χ1n) is 4.93. The van der Waals surface area contributed by atoms with Crippen LogP contribution in [0.2, 0.25) is 0 Å². The molecule has 0 fully saturated rings. The maximum Gasteiger partial charge on any atom is 0.261 e. The third-order valence-electron chi connectivity index (χ3n) is 2.65. The quantitative estimate of drug-likeness (QED) is 0.720. The third-order valence-corrected chi connectivity index (χ3v) is 2.65. The van der Waals surface area contributed by atoms with Crippen molar-refractivity contribution >= 4 is 11.6 Å². The van der Waals surface area contributed by atoms with Gasteiger partial charge in [0.2, 0.25) is 0 Å². The van der Waals surface area contributed by atoms with Crippen LogP contribution in [0.25, 0.3) is 0 Å². The standard InChI is InChI=1S/C12H13NO2/c1-2-3-8-12(15)9-6-4-5-7-10(9)13-11(12)14/h2-7,15H,8H2,1H3,(H,13,14)/b3-2+. The molecule has 0 spiro atoms. The number of hydrogen-bond donors (Lipinski definition) is 2. The van der Waals surface area contributed by atoms with E-state index in [-0.39, 0.29) is 5.91 Å². The Balaban J connectivity index is 2.44. The summed E-state index contributed by atoms with van der Waals surface area (Å²) in [7, 11) is 0. The number of allylic oxidation sites excluding steroid dienone is 1. The lowest BCUT2D eigenvalue weighted by Gasteiger charge is -2.18. The lowest BCUT2D eigenvalue weighted by Crippen LogP contribution is -2.33. The van der Waals surface area contributed by atoms with Crippen LogP contribution in [0.15, 0.2) is 36.4 Å². The van der Waals surface area contributed by atoms with Gasteiger partial charge in [-0.05, 0) is 13.0 Å². The summed E-state index contributed by atoms with van der Waals surface area (Å²) in [5.74, 6) is -0.346. The van der Waals surface area contributed by atoms with Crippen molar-refractivity contribution in [3.8, 4) is 0 Å². The van der Waals surface area contributed by atoms with Gasteiger partial charge < -0.3 is 10.4 Å². The van der Waals surface area contributed by atoms with Crippen LogP contribution in [0, 0.1) is 0 Å². The molecule has 0 aromatic heterocycles. The molecular formula is C12H13NO2. The Labute approximate surface area is 88.4 Å². The van der Waals surface area contributed by atoms with Gasteiger partial charge in [-0.2, -0.15) is 0 Å². The van der Waals surface area contributed by atoms with Crippen LogP contribution < -0.4 is 5.32 Å². The summed E-state index contributed by atoms with van der Waals surface area (Å²) >= 11 is 0. The molecule has 0 radical (unpaired) electrons. The number of carbonyl (C=O) groups excluding carboxylic acids is 1. The molecule has 1 aliphatic heterocycles. The van der Waals surface area contributed by atoms with Gasteiger partial charge in [-0.25, -0.2) is 0 Å². The number of aliphatic hydroxyl groups is 1. The van der Waals surface area contributed by atoms with Crippen molar-refractivity contribution in [2.75, 3.05) is 5.32 Å². The van der Waals surface area contributed by atoms with Gasteiger partial charge in [-0.15, -0.1) is 0 Å². The fourth-order valence-corrected chi connectivity index (χ4v) is 1.79. The van der Waals surface area contributed by atoms with Crippen molar-refractivity contribution in [3.63, 3.8) is 0 Å². The summed E-state index contributed by atoms with van der Waals surface area (Å²) in [6.45, 7) is 1.86. The lowest BCUT2D eigenvalue weighted by atomic mass is 9.92. The molecule has 1 amide bonds. The van der Waals surface area contributed by atoms with Gasteiger partial charge in [0.1, 0.15) is 0 Å². The molecule has 1 heterocycles. The summed E-state index contributed by atoms with van der Waals surface area (Å²) < 4.78 is 0. The summed E-state index contributed by atoms with van der Waals surface area (Å²) in [6.07, 6.45) is 3.93. The minimum absolute atomic E-state index is 0.312. The average Bonchev–Trinajstić information content (AvgIpc) is 2.50. The van der Waals surface area contributed by atoms with Gasteiger partial charge >= 0.3 is 0 Å². The van der Waals surface area contributed by atoms with E-state index in [1.807, 2.05) is 25.1 Å². The van der Waals surface area contributed by atoms with Crippen molar-refractivity contribution in [1.82, 2.24) is 0 Å². The zero-order chi connectivity index (χ0) is 10.9. The van der Waals surface area contributed by atoms with E-state index in [0.29, 0.717) is 17.7 Å². The number of amides is 1. The van der Waals surface area contributed by atoms with Crippen LogP contribution >= 0.6 is 0 Å². The molecule has 2 rings (SSSR count). The largest absolute Gasteiger partial charge is 0.375 e. The fraction of sp³-hybridized carbons (Fsp3) is 0.250. The SMILES string of the molecule is C/C=C/CC1(O)C(=O)Nc2ccccc21. The maximum absolute atomic E-state index is 11.7. The van der Waals surface area contributed by atoms with Crippen molar-refractivity contribution < 1.29 is 9.90 Å². The van der Waals surface area contributed by atoms with Crippen molar-refractivity contribution in [1.29, 1.82) is 0 Å². The normalized spacial score (nSPS) is 24.3. The van der Waals surface area contributed by atoms with Crippen molar-refractivity contribution in [2.45, 2.75) is 18.9 Å². The second-order valence-corrected chi connectivity index (χ2v) is 3.63. The van der Waals surface area contributed by atoms with Gasteiger partial charge in [0.05, 0.1) is 0 Å². The predicted molar refractivity (Wildman–Crippen MR) is 58.4 cm³/mol. The minimum atomic E-state index is -1.40. The molecule has 1 atom stereocenters. The molecule has 3 nitrogen and oxygen atoms in total. The predicted octanol–water partition coefficient (Wildman–Crippen LogP) is 1.79. The number of carbonyl (C=O) groups is 1. The molecule has 0 saturated carbocycles. The molecule has 0 bridgehead atoms. The van der Waals surface area contributed by atoms with E-state index in [2.05, 4.69) is 5.32 Å². The lowest BCUT2D eigenvalue weighted by molar-refractivity contribution is -0.133. The van der Waals surface area contributed by atoms with Gasteiger partial charge in [0, 0.05) is 17.7 Å². The first-order valence-corrected chi connectivity index (χ1v) is 4.93. The van der Waals surface area contributed by atoms with E-state index in [4.69, 9.17) is 0 Å². The Hall–Kier alpha value is -1.61. The summed E-state index contributed by atoms with van der Waals surface area (Å²) in [6, 6.07) is 7.22. The third kappa shape index (κ3) is 1.45. The number of anilines is 1. The highest BCUT2D eigenvalue weighted by molar-refractivity contribution is 6.04. The summed E-state index contributed by atoms with van der Waals surface area (Å²) in [5.41, 5.74) is -0.0362. The molecule has 1 aromatic carbocycles. The van der Waals surface area contributed by atoms with Crippen molar-refractivity contribution in [3.05, 3.63) is 42.0 Å². The van der Waals surface area contributed by atoms with E-state index in [1.54, 1.807) is 18.2 Å². The second kappa shape index (κ2) is 3.51. The Morgan fingerprint density at radius 1 is 1.47 bits per heavy atom. The molecule has 15 heavy (non-hydrogen) atoms. The highest BCUT2D eigenvalue weighted by Gasteiger charge is 2.43. The van der Waals surface area contributed by atoms with E-state index in [9.17, 15) is 9.90 Å².